The molecule has 1 aliphatic rings. The molecule has 1 atom stereocenters. The first-order valence-electron chi connectivity index (χ1n) is 9.25. The summed E-state index contributed by atoms with van der Waals surface area (Å²) in [4.78, 5) is 23.6. The van der Waals surface area contributed by atoms with Crippen molar-refractivity contribution in [3.05, 3.63) is 53.9 Å². The minimum atomic E-state index is 0.0814. The molecular formula is C20H24N6O. The molecule has 0 aliphatic carbocycles. The number of likely N-dealkylation sites (tertiary alicyclic amines) is 1. The zero-order valence-electron chi connectivity index (χ0n) is 16.0. The molecule has 7 nitrogen and oxygen atoms in total. The molecule has 140 valence electrons. The molecule has 0 N–H and O–H groups in total. The highest BCUT2D eigenvalue weighted by Crippen LogP contribution is 2.25. The number of pyridine rings is 1. The molecule has 1 fully saturated rings. The van der Waals surface area contributed by atoms with Gasteiger partial charge in [-0.05, 0) is 38.3 Å². The van der Waals surface area contributed by atoms with E-state index in [0.717, 1.165) is 48.8 Å². The van der Waals surface area contributed by atoms with E-state index in [9.17, 15) is 4.79 Å². The second kappa shape index (κ2) is 6.98. The van der Waals surface area contributed by atoms with Crippen LogP contribution in [0.5, 0.6) is 0 Å². The predicted molar refractivity (Wildman–Crippen MR) is 102 cm³/mol. The molecule has 0 aromatic carbocycles. The van der Waals surface area contributed by atoms with Crippen LogP contribution in [0.25, 0.3) is 11.4 Å². The van der Waals surface area contributed by atoms with E-state index in [2.05, 4.69) is 26.6 Å². The second-order valence-corrected chi connectivity index (χ2v) is 7.28. The normalized spacial score (nSPS) is 16.9. The molecule has 4 heterocycles. The third-order valence-corrected chi connectivity index (χ3v) is 5.23. The fourth-order valence-corrected chi connectivity index (χ4v) is 3.82. The Morgan fingerprint density at radius 3 is 2.85 bits per heavy atom. The van der Waals surface area contributed by atoms with Crippen LogP contribution >= 0.6 is 0 Å². The van der Waals surface area contributed by atoms with E-state index in [0.29, 0.717) is 11.5 Å². The summed E-state index contributed by atoms with van der Waals surface area (Å²) in [6, 6.07) is 3.96. The van der Waals surface area contributed by atoms with E-state index in [1.54, 1.807) is 10.9 Å². The van der Waals surface area contributed by atoms with Gasteiger partial charge in [-0.2, -0.15) is 5.10 Å². The van der Waals surface area contributed by atoms with Gasteiger partial charge in [0, 0.05) is 62.7 Å². The number of imidazole rings is 1. The fraction of sp³-hybridized carbons (Fsp3) is 0.400. The lowest BCUT2D eigenvalue weighted by Gasteiger charge is -2.18. The van der Waals surface area contributed by atoms with Crippen molar-refractivity contribution in [3.63, 3.8) is 0 Å². The molecule has 0 radical (unpaired) electrons. The van der Waals surface area contributed by atoms with Crippen LogP contribution in [0.15, 0.2) is 36.9 Å². The van der Waals surface area contributed by atoms with E-state index in [1.807, 2.05) is 49.6 Å². The van der Waals surface area contributed by atoms with E-state index in [-0.39, 0.29) is 5.91 Å². The number of carbonyl (C=O) groups is 1. The highest BCUT2D eigenvalue weighted by Gasteiger charge is 2.29. The summed E-state index contributed by atoms with van der Waals surface area (Å²) in [5.41, 5.74) is 3.63. The molecule has 3 aromatic rings. The quantitative estimate of drug-likeness (QED) is 0.713. The van der Waals surface area contributed by atoms with Crippen molar-refractivity contribution >= 4 is 5.91 Å². The number of amides is 1. The van der Waals surface area contributed by atoms with Gasteiger partial charge in [-0.15, -0.1) is 0 Å². The average Bonchev–Trinajstić information content (AvgIpc) is 3.36. The number of carbonyl (C=O) groups excluding carboxylic acids is 1. The highest BCUT2D eigenvalue weighted by molar-refractivity contribution is 5.95. The van der Waals surface area contributed by atoms with Crippen LogP contribution in [0.2, 0.25) is 0 Å². The van der Waals surface area contributed by atoms with Gasteiger partial charge >= 0.3 is 0 Å². The fourth-order valence-electron chi connectivity index (χ4n) is 3.82. The van der Waals surface area contributed by atoms with Crippen LogP contribution in [-0.2, 0) is 13.6 Å². The number of nitrogens with zero attached hydrogens (tertiary/aromatic N) is 6. The van der Waals surface area contributed by atoms with Crippen molar-refractivity contribution in [1.29, 1.82) is 0 Å². The van der Waals surface area contributed by atoms with Gasteiger partial charge in [-0.1, -0.05) is 0 Å². The number of aryl methyl sites for hydroxylation is 3. The van der Waals surface area contributed by atoms with Crippen LogP contribution in [0, 0.1) is 19.8 Å². The van der Waals surface area contributed by atoms with E-state index in [4.69, 9.17) is 0 Å². The van der Waals surface area contributed by atoms with Crippen molar-refractivity contribution in [2.24, 2.45) is 13.0 Å². The van der Waals surface area contributed by atoms with Crippen molar-refractivity contribution in [3.8, 4) is 11.4 Å². The standard InChI is InChI=1S/C20H24N6O/c1-14-9-22-19(17-5-4-7-21-10-17)26(14)12-16-6-8-25(11-16)20(27)18-13-24(3)23-15(18)2/h4-5,7,9-10,13,16H,6,8,11-12H2,1-3H3. The van der Waals surface area contributed by atoms with E-state index in [1.165, 1.54) is 0 Å². The maximum Gasteiger partial charge on any atom is 0.257 e. The lowest BCUT2D eigenvalue weighted by atomic mass is 10.1. The van der Waals surface area contributed by atoms with Crippen LogP contribution < -0.4 is 0 Å². The molecule has 0 saturated carbocycles. The van der Waals surface area contributed by atoms with Crippen molar-refractivity contribution in [2.75, 3.05) is 13.1 Å². The molecule has 1 unspecified atom stereocenters. The van der Waals surface area contributed by atoms with Crippen LogP contribution in [0.1, 0.15) is 28.2 Å². The van der Waals surface area contributed by atoms with Gasteiger partial charge in [0.2, 0.25) is 0 Å². The highest BCUT2D eigenvalue weighted by atomic mass is 16.2. The number of hydrogen-bond acceptors (Lipinski definition) is 4. The van der Waals surface area contributed by atoms with Crippen molar-refractivity contribution in [2.45, 2.75) is 26.8 Å². The summed E-state index contributed by atoms with van der Waals surface area (Å²) in [7, 11) is 1.85. The molecule has 7 heteroatoms. The van der Waals surface area contributed by atoms with Crippen molar-refractivity contribution in [1.82, 2.24) is 29.2 Å². The van der Waals surface area contributed by atoms with Gasteiger partial charge in [-0.25, -0.2) is 4.98 Å². The Hall–Kier alpha value is -2.96. The van der Waals surface area contributed by atoms with Gasteiger partial charge in [0.25, 0.3) is 5.91 Å². The van der Waals surface area contributed by atoms with Gasteiger partial charge in [0.15, 0.2) is 0 Å². The van der Waals surface area contributed by atoms with Crippen LogP contribution in [0.3, 0.4) is 0 Å². The van der Waals surface area contributed by atoms with Crippen LogP contribution in [-0.4, -0.2) is 48.2 Å². The molecule has 0 bridgehead atoms. The SMILES string of the molecule is Cc1nn(C)cc1C(=O)N1CCC(Cn2c(C)cnc2-c2cccnc2)C1. The molecule has 0 spiro atoms. The molecule has 1 saturated heterocycles. The molecule has 4 rings (SSSR count). The zero-order valence-corrected chi connectivity index (χ0v) is 16.0. The van der Waals surface area contributed by atoms with Gasteiger partial charge in [-0.3, -0.25) is 14.5 Å². The molecule has 27 heavy (non-hydrogen) atoms. The Morgan fingerprint density at radius 2 is 2.15 bits per heavy atom. The topological polar surface area (TPSA) is 68.8 Å². The van der Waals surface area contributed by atoms with E-state index < -0.39 is 0 Å². The minimum Gasteiger partial charge on any atom is -0.338 e. The first-order valence-corrected chi connectivity index (χ1v) is 9.25. The first kappa shape index (κ1) is 17.5. The van der Waals surface area contributed by atoms with Gasteiger partial charge in [0.1, 0.15) is 5.82 Å². The maximum absolute atomic E-state index is 12.8. The largest absolute Gasteiger partial charge is 0.338 e. The predicted octanol–water partition coefficient (Wildman–Crippen LogP) is 2.46. The lowest BCUT2D eigenvalue weighted by molar-refractivity contribution is 0.0785. The monoisotopic (exact) mass is 364 g/mol. The average molecular weight is 364 g/mol. The summed E-state index contributed by atoms with van der Waals surface area (Å²) < 4.78 is 3.94. The van der Waals surface area contributed by atoms with E-state index >= 15 is 0 Å². The minimum absolute atomic E-state index is 0.0814. The lowest BCUT2D eigenvalue weighted by Crippen LogP contribution is -2.29. The maximum atomic E-state index is 12.8. The molecular weight excluding hydrogens is 340 g/mol. The van der Waals surface area contributed by atoms with Gasteiger partial charge < -0.3 is 9.47 Å². The number of hydrogen-bond donors (Lipinski definition) is 0. The summed E-state index contributed by atoms with van der Waals surface area (Å²) >= 11 is 0. The van der Waals surface area contributed by atoms with Gasteiger partial charge in [0.05, 0.1) is 11.3 Å². The Labute approximate surface area is 158 Å². The third kappa shape index (κ3) is 3.37. The zero-order chi connectivity index (χ0) is 19.0. The number of aromatic nitrogens is 5. The van der Waals surface area contributed by atoms with Crippen molar-refractivity contribution < 1.29 is 4.79 Å². The molecule has 1 amide bonds. The number of rotatable bonds is 4. The summed E-state index contributed by atoms with van der Waals surface area (Å²) in [5.74, 6) is 1.43. The Kier molecular flexibility index (Phi) is 4.51. The summed E-state index contributed by atoms with van der Waals surface area (Å²) in [5, 5.41) is 4.29. The molecule has 1 aliphatic heterocycles. The van der Waals surface area contributed by atoms with Crippen LogP contribution in [0.4, 0.5) is 0 Å². The summed E-state index contributed by atoms with van der Waals surface area (Å²) in [6.07, 6.45) is 8.32. The molecule has 3 aromatic heterocycles. The smallest absolute Gasteiger partial charge is 0.257 e. The Morgan fingerprint density at radius 1 is 1.30 bits per heavy atom. The Bertz CT molecular complexity index is 958. The Balaban J connectivity index is 1.49. The first-order chi connectivity index (χ1) is 13.0. The summed E-state index contributed by atoms with van der Waals surface area (Å²) in [6.45, 7) is 6.36. The third-order valence-electron chi connectivity index (χ3n) is 5.23. The second-order valence-electron chi connectivity index (χ2n) is 7.28.